The molecule has 7 heteroatoms. The molecule has 1 aliphatic heterocycles. The van der Waals surface area contributed by atoms with Gasteiger partial charge in [-0.3, -0.25) is 9.88 Å². The van der Waals surface area contributed by atoms with Crippen molar-refractivity contribution < 1.29 is 9.47 Å². The summed E-state index contributed by atoms with van der Waals surface area (Å²) >= 11 is 0. The average molecular weight is 323 g/mol. The van der Waals surface area contributed by atoms with Crippen LogP contribution in [0.3, 0.4) is 0 Å². The van der Waals surface area contributed by atoms with Gasteiger partial charge in [0.25, 0.3) is 0 Å². The van der Waals surface area contributed by atoms with Crippen molar-refractivity contribution in [2.75, 3.05) is 19.5 Å². The Bertz CT molecular complexity index is 947. The van der Waals surface area contributed by atoms with E-state index < -0.39 is 6.17 Å². The summed E-state index contributed by atoms with van der Waals surface area (Å²) in [5, 5.41) is 3.02. The average Bonchev–Trinajstić information content (AvgIpc) is 2.98. The number of ether oxygens (including phenoxy) is 2. The molecule has 0 radical (unpaired) electrons. The molecule has 7 nitrogen and oxygen atoms in total. The molecule has 24 heavy (non-hydrogen) atoms. The zero-order valence-corrected chi connectivity index (χ0v) is 13.4. The molecular weight excluding hydrogens is 306 g/mol. The van der Waals surface area contributed by atoms with Gasteiger partial charge in [-0.15, -0.1) is 0 Å². The van der Waals surface area contributed by atoms with Crippen LogP contribution in [0.2, 0.25) is 0 Å². The monoisotopic (exact) mass is 323 g/mol. The van der Waals surface area contributed by atoms with E-state index in [0.717, 1.165) is 16.6 Å². The largest absolute Gasteiger partial charge is 0.493 e. The number of fused-ring (bicyclic) bond motifs is 3. The van der Waals surface area contributed by atoms with E-state index in [1.807, 2.05) is 47.0 Å². The molecule has 0 spiro atoms. The minimum absolute atomic E-state index is 0.313. The fourth-order valence-electron chi connectivity index (χ4n) is 3.04. The quantitative estimate of drug-likeness (QED) is 0.772. The fraction of sp³-hybridized carbons (Fsp3) is 0.176. The first-order valence-electron chi connectivity index (χ1n) is 7.51. The number of para-hydroxylation sites is 3. The minimum atomic E-state index is -0.390. The van der Waals surface area contributed by atoms with Crippen LogP contribution in [-0.2, 0) is 0 Å². The number of nitrogens with two attached hydrogens (primary N) is 1. The van der Waals surface area contributed by atoms with E-state index in [4.69, 9.17) is 15.2 Å². The predicted octanol–water partition coefficient (Wildman–Crippen LogP) is 2.34. The number of aromatic nitrogens is 2. The molecule has 122 valence electrons. The van der Waals surface area contributed by atoms with Crippen LogP contribution in [-0.4, -0.2) is 29.7 Å². The predicted molar refractivity (Wildman–Crippen MR) is 92.7 cm³/mol. The second kappa shape index (κ2) is 5.45. The van der Waals surface area contributed by atoms with Crippen molar-refractivity contribution in [2.24, 2.45) is 10.7 Å². The van der Waals surface area contributed by atoms with Crippen LogP contribution < -0.4 is 20.5 Å². The van der Waals surface area contributed by atoms with Crippen molar-refractivity contribution in [3.63, 3.8) is 0 Å². The summed E-state index contributed by atoms with van der Waals surface area (Å²) in [6.45, 7) is 0. The number of guanidine groups is 1. The summed E-state index contributed by atoms with van der Waals surface area (Å²) in [6, 6.07) is 13.6. The van der Waals surface area contributed by atoms with E-state index in [1.54, 1.807) is 14.2 Å². The number of nitrogens with one attached hydrogen (secondary N) is 1. The lowest BCUT2D eigenvalue weighted by Crippen LogP contribution is -2.31. The first-order chi connectivity index (χ1) is 11.7. The SMILES string of the molecule is COc1cccc([C@H]2N=C(N)Nc3nc4ccccc4n32)c1OC. The third kappa shape index (κ3) is 2.05. The maximum atomic E-state index is 5.97. The van der Waals surface area contributed by atoms with Gasteiger partial charge in [0.15, 0.2) is 23.6 Å². The van der Waals surface area contributed by atoms with E-state index >= 15 is 0 Å². The van der Waals surface area contributed by atoms with Crippen LogP contribution in [0.4, 0.5) is 5.95 Å². The van der Waals surface area contributed by atoms with Crippen LogP contribution in [0.15, 0.2) is 47.5 Å². The Hall–Kier alpha value is -3.22. The van der Waals surface area contributed by atoms with Gasteiger partial charge in [-0.1, -0.05) is 24.3 Å². The Morgan fingerprint density at radius 2 is 1.92 bits per heavy atom. The molecule has 3 aromatic rings. The Kier molecular flexibility index (Phi) is 3.26. The van der Waals surface area contributed by atoms with Gasteiger partial charge in [0, 0.05) is 5.56 Å². The zero-order chi connectivity index (χ0) is 16.7. The third-order valence-corrected chi connectivity index (χ3v) is 4.05. The molecule has 0 fully saturated rings. The van der Waals surface area contributed by atoms with Crippen molar-refractivity contribution in [1.82, 2.24) is 9.55 Å². The highest BCUT2D eigenvalue weighted by atomic mass is 16.5. The maximum Gasteiger partial charge on any atom is 0.212 e. The van der Waals surface area contributed by atoms with E-state index in [0.29, 0.717) is 23.4 Å². The summed E-state index contributed by atoms with van der Waals surface area (Å²) in [6.07, 6.45) is -0.390. The lowest BCUT2D eigenvalue weighted by Gasteiger charge is -2.25. The number of hydrogen-bond acceptors (Lipinski definition) is 6. The molecule has 0 unspecified atom stereocenters. The molecule has 0 bridgehead atoms. The number of anilines is 1. The normalized spacial score (nSPS) is 16.2. The molecule has 0 saturated heterocycles. The summed E-state index contributed by atoms with van der Waals surface area (Å²) in [4.78, 5) is 9.17. The molecule has 1 aliphatic rings. The van der Waals surface area contributed by atoms with Crippen molar-refractivity contribution in [3.05, 3.63) is 48.0 Å². The molecule has 0 aliphatic carbocycles. The van der Waals surface area contributed by atoms with E-state index in [-0.39, 0.29) is 0 Å². The molecular formula is C17H17N5O2. The highest BCUT2D eigenvalue weighted by Gasteiger charge is 2.28. The smallest absolute Gasteiger partial charge is 0.212 e. The Morgan fingerprint density at radius 1 is 1.08 bits per heavy atom. The molecule has 3 N–H and O–H groups in total. The van der Waals surface area contributed by atoms with Gasteiger partial charge >= 0.3 is 0 Å². The molecule has 1 aromatic heterocycles. The van der Waals surface area contributed by atoms with E-state index in [9.17, 15) is 0 Å². The molecule has 4 rings (SSSR count). The van der Waals surface area contributed by atoms with Gasteiger partial charge in [0.1, 0.15) is 0 Å². The third-order valence-electron chi connectivity index (χ3n) is 4.05. The van der Waals surface area contributed by atoms with Crippen LogP contribution in [0.1, 0.15) is 11.7 Å². The number of nitrogens with zero attached hydrogens (tertiary/aromatic N) is 3. The van der Waals surface area contributed by atoms with Gasteiger partial charge in [-0.2, -0.15) is 0 Å². The van der Waals surface area contributed by atoms with Crippen molar-refractivity contribution in [1.29, 1.82) is 0 Å². The maximum absolute atomic E-state index is 5.97. The Morgan fingerprint density at radius 3 is 2.71 bits per heavy atom. The molecule has 0 saturated carbocycles. The minimum Gasteiger partial charge on any atom is -0.493 e. The number of hydrogen-bond donors (Lipinski definition) is 2. The Labute approximate surface area is 138 Å². The van der Waals surface area contributed by atoms with E-state index in [1.165, 1.54) is 0 Å². The lowest BCUT2D eigenvalue weighted by molar-refractivity contribution is 0.348. The number of imidazole rings is 1. The Balaban J connectivity index is 1.98. The molecule has 0 amide bonds. The summed E-state index contributed by atoms with van der Waals surface area (Å²) in [5.41, 5.74) is 8.66. The van der Waals surface area contributed by atoms with Crippen LogP contribution in [0, 0.1) is 0 Å². The number of methoxy groups -OCH3 is 2. The highest BCUT2D eigenvalue weighted by molar-refractivity contribution is 5.94. The standard InChI is InChI=1S/C17H17N5O2/c1-23-13-9-5-6-10(14(13)24-2)15-20-16(18)21-17-19-11-7-3-4-8-12(11)22(15)17/h3-9,15H,1-2H3,(H3,18,19,20,21)/t15-/m0/s1. The molecule has 1 atom stereocenters. The van der Waals surface area contributed by atoms with Gasteiger partial charge < -0.3 is 15.2 Å². The van der Waals surface area contributed by atoms with Crippen molar-refractivity contribution in [3.8, 4) is 11.5 Å². The van der Waals surface area contributed by atoms with E-state index in [2.05, 4.69) is 15.3 Å². The summed E-state index contributed by atoms with van der Waals surface area (Å²) in [7, 11) is 3.22. The second-order valence-corrected chi connectivity index (χ2v) is 5.39. The molecule has 2 aromatic carbocycles. The van der Waals surface area contributed by atoms with Crippen LogP contribution >= 0.6 is 0 Å². The van der Waals surface area contributed by atoms with Crippen LogP contribution in [0.25, 0.3) is 11.0 Å². The van der Waals surface area contributed by atoms with Gasteiger partial charge in [-0.25, -0.2) is 9.98 Å². The topological polar surface area (TPSA) is 86.7 Å². The number of aliphatic imine (C=N–C) groups is 1. The number of benzene rings is 2. The zero-order valence-electron chi connectivity index (χ0n) is 13.4. The molecule has 2 heterocycles. The van der Waals surface area contributed by atoms with Crippen molar-refractivity contribution in [2.45, 2.75) is 6.17 Å². The first-order valence-corrected chi connectivity index (χ1v) is 7.51. The summed E-state index contributed by atoms with van der Waals surface area (Å²) in [5.74, 6) is 2.24. The van der Waals surface area contributed by atoms with Gasteiger partial charge in [0.2, 0.25) is 5.95 Å². The summed E-state index contributed by atoms with van der Waals surface area (Å²) < 4.78 is 13.0. The van der Waals surface area contributed by atoms with Gasteiger partial charge in [0.05, 0.1) is 25.3 Å². The van der Waals surface area contributed by atoms with Crippen LogP contribution in [0.5, 0.6) is 11.5 Å². The number of rotatable bonds is 3. The second-order valence-electron chi connectivity index (χ2n) is 5.39. The lowest BCUT2D eigenvalue weighted by atomic mass is 10.1. The fourth-order valence-corrected chi connectivity index (χ4v) is 3.04. The first kappa shape index (κ1) is 14.4. The highest BCUT2D eigenvalue weighted by Crippen LogP contribution is 2.40. The van der Waals surface area contributed by atoms with Crippen molar-refractivity contribution >= 4 is 22.9 Å². The van der Waals surface area contributed by atoms with Gasteiger partial charge in [-0.05, 0) is 18.2 Å².